The molecule has 0 fully saturated rings. The molecule has 0 bridgehead atoms. The van der Waals surface area contributed by atoms with E-state index in [9.17, 15) is 8.42 Å². The summed E-state index contributed by atoms with van der Waals surface area (Å²) in [6.45, 7) is 1.10. The lowest BCUT2D eigenvalue weighted by atomic mass is 10.2. The van der Waals surface area contributed by atoms with Gasteiger partial charge in [-0.15, -0.1) is 0 Å². The zero-order chi connectivity index (χ0) is 19.0. The molecule has 0 heterocycles. The minimum absolute atomic E-state index is 0.0267. The summed E-state index contributed by atoms with van der Waals surface area (Å²) >= 11 is 0. The molecule has 2 rings (SSSR count). The number of methoxy groups -OCH3 is 3. The third-order valence-electron chi connectivity index (χ3n) is 3.61. The monoisotopic (exact) mass is 381 g/mol. The molecule has 0 aliphatic rings. The predicted octanol–water partition coefficient (Wildman–Crippen LogP) is 2.21. The quantitative estimate of drug-likeness (QED) is 0.636. The third-order valence-corrected chi connectivity index (χ3v) is 5.03. The van der Waals surface area contributed by atoms with E-state index in [1.54, 1.807) is 43.5 Å². The van der Waals surface area contributed by atoms with Crippen LogP contribution in [0.2, 0.25) is 0 Å². The lowest BCUT2D eigenvalue weighted by molar-refractivity contribution is 0.146. The Morgan fingerprint density at radius 2 is 1.58 bits per heavy atom. The SMILES string of the molecule is COCCOc1ccc(CNS(=O)(=O)c2cc(OC)ccc2OC)cc1. The molecule has 0 saturated heterocycles. The van der Waals surface area contributed by atoms with Crippen molar-refractivity contribution in [3.05, 3.63) is 48.0 Å². The van der Waals surface area contributed by atoms with Gasteiger partial charge in [0.25, 0.3) is 0 Å². The van der Waals surface area contributed by atoms with Gasteiger partial charge in [0.2, 0.25) is 10.0 Å². The van der Waals surface area contributed by atoms with Crippen LogP contribution in [0.25, 0.3) is 0 Å². The highest BCUT2D eigenvalue weighted by molar-refractivity contribution is 7.89. The van der Waals surface area contributed by atoms with Crippen LogP contribution in [-0.2, 0) is 21.3 Å². The lowest BCUT2D eigenvalue weighted by Crippen LogP contribution is -2.23. The predicted molar refractivity (Wildman–Crippen MR) is 97.4 cm³/mol. The highest BCUT2D eigenvalue weighted by atomic mass is 32.2. The lowest BCUT2D eigenvalue weighted by Gasteiger charge is -2.12. The summed E-state index contributed by atoms with van der Waals surface area (Å²) in [5, 5.41) is 0. The van der Waals surface area contributed by atoms with Gasteiger partial charge in [0.05, 0.1) is 20.8 Å². The Balaban J connectivity index is 2.06. The van der Waals surface area contributed by atoms with Crippen molar-refractivity contribution in [2.24, 2.45) is 0 Å². The van der Waals surface area contributed by atoms with Gasteiger partial charge in [0.1, 0.15) is 28.8 Å². The van der Waals surface area contributed by atoms with Crippen molar-refractivity contribution in [1.29, 1.82) is 0 Å². The molecule has 7 nitrogen and oxygen atoms in total. The summed E-state index contributed by atoms with van der Waals surface area (Å²) in [6.07, 6.45) is 0. The number of ether oxygens (including phenoxy) is 4. The smallest absolute Gasteiger partial charge is 0.244 e. The molecule has 2 aromatic carbocycles. The molecule has 0 radical (unpaired) electrons. The summed E-state index contributed by atoms with van der Waals surface area (Å²) < 4.78 is 48.4. The molecule has 0 aromatic heterocycles. The van der Waals surface area contributed by atoms with Crippen molar-refractivity contribution in [1.82, 2.24) is 4.72 Å². The van der Waals surface area contributed by atoms with Crippen LogP contribution in [0.15, 0.2) is 47.4 Å². The molecule has 0 atom stereocenters. The Morgan fingerprint density at radius 3 is 2.19 bits per heavy atom. The first kappa shape index (κ1) is 20.0. The maximum atomic E-state index is 12.6. The van der Waals surface area contributed by atoms with E-state index in [4.69, 9.17) is 18.9 Å². The van der Waals surface area contributed by atoms with Gasteiger partial charge in [-0.1, -0.05) is 12.1 Å². The molecule has 142 valence electrons. The van der Waals surface area contributed by atoms with Gasteiger partial charge in [0, 0.05) is 19.7 Å². The van der Waals surface area contributed by atoms with Crippen molar-refractivity contribution in [3.8, 4) is 17.2 Å². The molecule has 0 amide bonds. The highest BCUT2D eigenvalue weighted by Gasteiger charge is 2.20. The van der Waals surface area contributed by atoms with Crippen molar-refractivity contribution in [2.45, 2.75) is 11.4 Å². The summed E-state index contributed by atoms with van der Waals surface area (Å²) in [5.74, 6) is 1.38. The fraction of sp³-hybridized carbons (Fsp3) is 0.333. The van der Waals surface area contributed by atoms with Crippen LogP contribution in [0.1, 0.15) is 5.56 Å². The standard InChI is InChI=1S/C18H23NO6S/c1-22-10-11-25-15-6-4-14(5-7-15)13-19-26(20,21)18-12-16(23-2)8-9-17(18)24-3/h4-9,12,19H,10-11,13H2,1-3H3. The first-order chi connectivity index (χ1) is 12.5. The number of hydrogen-bond donors (Lipinski definition) is 1. The van der Waals surface area contributed by atoms with E-state index in [-0.39, 0.29) is 17.2 Å². The van der Waals surface area contributed by atoms with Crippen molar-refractivity contribution in [3.63, 3.8) is 0 Å². The van der Waals surface area contributed by atoms with Gasteiger partial charge in [-0.3, -0.25) is 0 Å². The molecule has 2 aromatic rings. The molecule has 1 N–H and O–H groups in total. The average Bonchev–Trinajstić information content (AvgIpc) is 2.67. The van der Waals surface area contributed by atoms with Crippen LogP contribution in [0.4, 0.5) is 0 Å². The Kier molecular flexibility index (Phi) is 7.26. The fourth-order valence-electron chi connectivity index (χ4n) is 2.20. The second kappa shape index (κ2) is 9.42. The van der Waals surface area contributed by atoms with Crippen molar-refractivity contribution in [2.75, 3.05) is 34.5 Å². The van der Waals surface area contributed by atoms with Crippen LogP contribution in [0.3, 0.4) is 0 Å². The van der Waals surface area contributed by atoms with E-state index < -0.39 is 10.0 Å². The third kappa shape index (κ3) is 5.35. The summed E-state index contributed by atoms with van der Waals surface area (Å²) in [5.41, 5.74) is 0.800. The Bertz CT molecular complexity index is 805. The number of rotatable bonds is 10. The zero-order valence-corrected chi connectivity index (χ0v) is 15.8. The normalized spacial score (nSPS) is 11.2. The molecular formula is C18H23NO6S. The Hall–Kier alpha value is -2.29. The van der Waals surface area contributed by atoms with E-state index in [0.29, 0.717) is 24.7 Å². The van der Waals surface area contributed by atoms with Crippen LogP contribution >= 0.6 is 0 Å². The first-order valence-corrected chi connectivity index (χ1v) is 9.41. The van der Waals surface area contributed by atoms with E-state index in [2.05, 4.69) is 4.72 Å². The van der Waals surface area contributed by atoms with Crippen molar-refractivity contribution < 1.29 is 27.4 Å². The number of benzene rings is 2. The highest BCUT2D eigenvalue weighted by Crippen LogP contribution is 2.28. The van der Waals surface area contributed by atoms with Gasteiger partial charge >= 0.3 is 0 Å². The molecular weight excluding hydrogens is 358 g/mol. The largest absolute Gasteiger partial charge is 0.497 e. The molecule has 0 unspecified atom stereocenters. The van der Waals surface area contributed by atoms with Crippen LogP contribution < -0.4 is 18.9 Å². The van der Waals surface area contributed by atoms with Crippen LogP contribution in [0.5, 0.6) is 17.2 Å². The Morgan fingerprint density at radius 1 is 0.885 bits per heavy atom. The maximum absolute atomic E-state index is 12.6. The van der Waals surface area contributed by atoms with Crippen LogP contribution in [-0.4, -0.2) is 43.0 Å². The fourth-order valence-corrected chi connectivity index (χ4v) is 3.40. The average molecular weight is 381 g/mol. The zero-order valence-electron chi connectivity index (χ0n) is 15.0. The molecule has 0 aliphatic heterocycles. The summed E-state index contributed by atoms with van der Waals surface area (Å²) in [6, 6.07) is 11.8. The molecule has 0 spiro atoms. The van der Waals surface area contributed by atoms with E-state index in [1.165, 1.54) is 20.3 Å². The second-order valence-corrected chi connectivity index (χ2v) is 7.06. The minimum Gasteiger partial charge on any atom is -0.497 e. The topological polar surface area (TPSA) is 83.1 Å². The van der Waals surface area contributed by atoms with Gasteiger partial charge in [-0.2, -0.15) is 0 Å². The summed E-state index contributed by atoms with van der Waals surface area (Å²) in [4.78, 5) is 0.0267. The second-order valence-electron chi connectivity index (χ2n) is 5.33. The number of nitrogens with one attached hydrogen (secondary N) is 1. The maximum Gasteiger partial charge on any atom is 0.244 e. The van der Waals surface area contributed by atoms with Gasteiger partial charge in [-0.05, 0) is 29.8 Å². The van der Waals surface area contributed by atoms with Gasteiger partial charge in [-0.25, -0.2) is 13.1 Å². The Labute approximate surface area is 153 Å². The first-order valence-electron chi connectivity index (χ1n) is 7.92. The van der Waals surface area contributed by atoms with Gasteiger partial charge < -0.3 is 18.9 Å². The molecule has 0 saturated carbocycles. The van der Waals surface area contributed by atoms with E-state index >= 15 is 0 Å². The van der Waals surface area contributed by atoms with E-state index in [0.717, 1.165) is 5.56 Å². The minimum atomic E-state index is -3.76. The van der Waals surface area contributed by atoms with E-state index in [1.807, 2.05) is 0 Å². The van der Waals surface area contributed by atoms with Gasteiger partial charge in [0.15, 0.2) is 0 Å². The van der Waals surface area contributed by atoms with Crippen molar-refractivity contribution >= 4 is 10.0 Å². The number of hydrogen-bond acceptors (Lipinski definition) is 6. The summed E-state index contributed by atoms with van der Waals surface area (Å²) in [7, 11) is 0.737. The molecule has 8 heteroatoms. The molecule has 0 aliphatic carbocycles. The van der Waals surface area contributed by atoms with Crippen LogP contribution in [0, 0.1) is 0 Å². The molecule has 26 heavy (non-hydrogen) atoms. The number of sulfonamides is 1.